The van der Waals surface area contributed by atoms with Gasteiger partial charge in [0.2, 0.25) is 0 Å². The highest BCUT2D eigenvalue weighted by Crippen LogP contribution is 2.35. The molecule has 0 heterocycles. The number of aliphatic hydroxyl groups is 2. The Morgan fingerprint density at radius 2 is 1.46 bits per heavy atom. The summed E-state index contributed by atoms with van der Waals surface area (Å²) in [4.78, 5) is 1.73. The number of hydrogen-bond acceptors (Lipinski definition) is 3. The largest absolute Gasteiger partial charge is 0.379 e. The summed E-state index contributed by atoms with van der Waals surface area (Å²) in [6.45, 7) is 7.73. The van der Waals surface area contributed by atoms with E-state index in [2.05, 4.69) is 13.8 Å². The summed E-state index contributed by atoms with van der Waals surface area (Å²) in [7, 11) is -0.0546. The summed E-state index contributed by atoms with van der Waals surface area (Å²) in [5.41, 5.74) is 0. The Hall–Kier alpha value is 0.310. The smallest absolute Gasteiger partial charge is 0.106 e. The first-order valence-corrected chi connectivity index (χ1v) is 6.76. The van der Waals surface area contributed by atoms with Crippen molar-refractivity contribution in [2.24, 2.45) is 0 Å². The van der Waals surface area contributed by atoms with E-state index in [9.17, 15) is 10.2 Å². The van der Waals surface area contributed by atoms with Crippen LogP contribution in [0.4, 0.5) is 0 Å². The molecule has 0 rings (SSSR count). The topological polar surface area (TPSA) is 43.7 Å². The molecule has 0 saturated heterocycles. The zero-order valence-corrected chi connectivity index (χ0v) is 9.96. The van der Waals surface area contributed by atoms with Crippen LogP contribution in [-0.4, -0.2) is 46.2 Å². The van der Waals surface area contributed by atoms with Gasteiger partial charge in [-0.1, -0.05) is 21.8 Å². The average molecular weight is 207 g/mol. The highest BCUT2D eigenvalue weighted by atomic mass is 31.1. The zero-order chi connectivity index (χ0) is 10.4. The molecule has 0 saturated carbocycles. The molecule has 2 atom stereocenters. The van der Waals surface area contributed by atoms with Crippen molar-refractivity contribution < 1.29 is 10.2 Å². The van der Waals surface area contributed by atoms with Crippen LogP contribution in [0, 0.1) is 0 Å². The molecular formula is C9H22NO2P. The summed E-state index contributed by atoms with van der Waals surface area (Å²) in [5, 5.41) is 18.8. The molecule has 2 unspecified atom stereocenters. The van der Waals surface area contributed by atoms with Gasteiger partial charge in [0.05, 0.1) is 0 Å². The predicted octanol–water partition coefficient (Wildman–Crippen LogP) is 1.44. The van der Waals surface area contributed by atoms with Crippen LogP contribution in [0.25, 0.3) is 0 Å². The molecule has 4 heteroatoms. The van der Waals surface area contributed by atoms with Crippen molar-refractivity contribution in [1.29, 1.82) is 0 Å². The van der Waals surface area contributed by atoms with Crippen molar-refractivity contribution in [2.45, 2.75) is 40.2 Å². The van der Waals surface area contributed by atoms with E-state index in [0.29, 0.717) is 0 Å². The molecule has 0 aliphatic rings. The number of aliphatic hydroxyl groups excluding tert-OH is 2. The van der Waals surface area contributed by atoms with Crippen LogP contribution in [-0.2, 0) is 0 Å². The Balaban J connectivity index is 4.08. The SMILES string of the molecule is CCP(CC)CN(C(C)O)C(C)O. The van der Waals surface area contributed by atoms with Gasteiger partial charge in [0, 0.05) is 6.29 Å². The van der Waals surface area contributed by atoms with Gasteiger partial charge in [-0.15, -0.1) is 0 Å². The Morgan fingerprint density at radius 3 is 1.69 bits per heavy atom. The van der Waals surface area contributed by atoms with E-state index in [1.54, 1.807) is 18.7 Å². The molecule has 13 heavy (non-hydrogen) atoms. The van der Waals surface area contributed by atoms with Gasteiger partial charge in [-0.3, -0.25) is 0 Å². The summed E-state index contributed by atoms with van der Waals surface area (Å²) in [6.07, 6.45) is 2.03. The minimum Gasteiger partial charge on any atom is -0.379 e. The number of hydrogen-bond donors (Lipinski definition) is 2. The first-order chi connectivity index (χ1) is 6.02. The van der Waals surface area contributed by atoms with Gasteiger partial charge in [-0.25, -0.2) is 4.90 Å². The number of rotatable bonds is 6. The molecule has 0 bridgehead atoms. The summed E-state index contributed by atoms with van der Waals surface area (Å²) in [5.74, 6) is 0. The van der Waals surface area contributed by atoms with Crippen LogP contribution < -0.4 is 0 Å². The Labute approximate surface area is 82.5 Å². The van der Waals surface area contributed by atoms with Gasteiger partial charge in [0.25, 0.3) is 0 Å². The molecule has 0 aromatic rings. The van der Waals surface area contributed by atoms with Gasteiger partial charge < -0.3 is 10.2 Å². The second kappa shape index (κ2) is 6.72. The normalized spacial score (nSPS) is 16.6. The lowest BCUT2D eigenvalue weighted by Gasteiger charge is -2.31. The second-order valence-electron chi connectivity index (χ2n) is 3.22. The fourth-order valence-corrected chi connectivity index (χ4v) is 2.98. The van der Waals surface area contributed by atoms with Gasteiger partial charge in [0.1, 0.15) is 12.5 Å². The van der Waals surface area contributed by atoms with Gasteiger partial charge in [-0.05, 0) is 26.2 Å². The molecule has 0 aromatic carbocycles. The molecule has 0 fully saturated rings. The predicted molar refractivity (Wildman–Crippen MR) is 58.1 cm³/mol. The first-order valence-electron chi connectivity index (χ1n) is 4.87. The Morgan fingerprint density at radius 1 is 1.08 bits per heavy atom. The third-order valence-electron chi connectivity index (χ3n) is 2.22. The molecule has 0 spiro atoms. The van der Waals surface area contributed by atoms with Crippen LogP contribution in [0.2, 0.25) is 0 Å². The monoisotopic (exact) mass is 207 g/mol. The van der Waals surface area contributed by atoms with E-state index >= 15 is 0 Å². The molecule has 2 N–H and O–H groups in total. The molecule has 0 aliphatic heterocycles. The second-order valence-corrected chi connectivity index (χ2v) is 6.11. The van der Waals surface area contributed by atoms with Crippen molar-refractivity contribution >= 4 is 7.92 Å². The Kier molecular flexibility index (Phi) is 6.88. The molecule has 0 radical (unpaired) electrons. The fourth-order valence-electron chi connectivity index (χ4n) is 1.20. The summed E-state index contributed by atoms with van der Waals surface area (Å²) < 4.78 is 0. The van der Waals surface area contributed by atoms with Gasteiger partial charge in [0.15, 0.2) is 0 Å². The van der Waals surface area contributed by atoms with Crippen molar-refractivity contribution in [3.05, 3.63) is 0 Å². The summed E-state index contributed by atoms with van der Waals surface area (Å²) in [6, 6.07) is 0. The van der Waals surface area contributed by atoms with Crippen LogP contribution in [0.3, 0.4) is 0 Å². The van der Waals surface area contributed by atoms with Crippen molar-refractivity contribution in [1.82, 2.24) is 4.90 Å². The molecule has 3 nitrogen and oxygen atoms in total. The number of nitrogens with zero attached hydrogens (tertiary/aromatic N) is 1. The quantitative estimate of drug-likeness (QED) is 0.511. The highest BCUT2D eigenvalue weighted by molar-refractivity contribution is 7.57. The zero-order valence-electron chi connectivity index (χ0n) is 9.06. The first kappa shape index (κ1) is 13.3. The van der Waals surface area contributed by atoms with Crippen LogP contribution in [0.15, 0.2) is 0 Å². The van der Waals surface area contributed by atoms with Crippen molar-refractivity contribution in [3.8, 4) is 0 Å². The average Bonchev–Trinajstić information content (AvgIpc) is 2.05. The third-order valence-corrected chi connectivity index (χ3v) is 4.73. The molecular weight excluding hydrogens is 185 g/mol. The minimum absolute atomic E-state index is 0.0546. The standard InChI is InChI=1S/C9H22NO2P/c1-5-13(6-2)7-10(8(3)11)9(4)12/h8-9,11-12H,5-7H2,1-4H3. The summed E-state index contributed by atoms with van der Waals surface area (Å²) >= 11 is 0. The van der Waals surface area contributed by atoms with Crippen LogP contribution in [0.5, 0.6) is 0 Å². The lowest BCUT2D eigenvalue weighted by molar-refractivity contribution is -0.0719. The van der Waals surface area contributed by atoms with E-state index in [1.807, 2.05) is 0 Å². The van der Waals surface area contributed by atoms with Gasteiger partial charge in [-0.2, -0.15) is 0 Å². The highest BCUT2D eigenvalue weighted by Gasteiger charge is 2.18. The van der Waals surface area contributed by atoms with Crippen LogP contribution in [0.1, 0.15) is 27.7 Å². The fraction of sp³-hybridized carbons (Fsp3) is 1.00. The maximum absolute atomic E-state index is 9.40. The lowest BCUT2D eigenvalue weighted by Crippen LogP contribution is -2.40. The molecule has 0 aromatic heterocycles. The molecule has 80 valence electrons. The van der Waals surface area contributed by atoms with Gasteiger partial charge >= 0.3 is 0 Å². The maximum Gasteiger partial charge on any atom is 0.106 e. The molecule has 0 aliphatic carbocycles. The van der Waals surface area contributed by atoms with E-state index < -0.39 is 12.5 Å². The van der Waals surface area contributed by atoms with E-state index in [4.69, 9.17) is 0 Å². The third kappa shape index (κ3) is 4.92. The maximum atomic E-state index is 9.40. The van der Waals surface area contributed by atoms with Crippen molar-refractivity contribution in [2.75, 3.05) is 18.6 Å². The Bertz CT molecular complexity index is 119. The van der Waals surface area contributed by atoms with Crippen molar-refractivity contribution in [3.63, 3.8) is 0 Å². The van der Waals surface area contributed by atoms with E-state index in [-0.39, 0.29) is 7.92 Å². The lowest BCUT2D eigenvalue weighted by atomic mass is 10.5. The molecule has 0 amide bonds. The van der Waals surface area contributed by atoms with E-state index in [1.165, 1.54) is 0 Å². The van der Waals surface area contributed by atoms with E-state index in [0.717, 1.165) is 18.6 Å². The minimum atomic E-state index is -0.553. The van der Waals surface area contributed by atoms with Crippen LogP contribution >= 0.6 is 7.92 Å².